The van der Waals surface area contributed by atoms with Crippen molar-refractivity contribution in [2.24, 2.45) is 5.73 Å². The number of amides is 1. The average Bonchev–Trinajstić information content (AvgIpc) is 2.93. The number of H-pyrrole nitrogens is 1. The first kappa shape index (κ1) is 11.3. The molecule has 0 bridgehead atoms. The fraction of sp³-hybridized carbons (Fsp3) is 0. The number of thiophene rings is 1. The van der Waals surface area contributed by atoms with Crippen LogP contribution in [0.2, 0.25) is 5.02 Å². The normalized spacial score (nSPS) is 10.9. The molecular formula is C12H8ClN3OS. The Bertz CT molecular complexity index is 747. The molecule has 3 heterocycles. The lowest BCUT2D eigenvalue weighted by Gasteiger charge is -1.95. The molecule has 0 saturated carbocycles. The lowest BCUT2D eigenvalue weighted by molar-refractivity contribution is 0.100. The molecule has 90 valence electrons. The van der Waals surface area contributed by atoms with E-state index in [-0.39, 0.29) is 0 Å². The van der Waals surface area contributed by atoms with Gasteiger partial charge in [0.15, 0.2) is 0 Å². The molecule has 0 aromatic carbocycles. The summed E-state index contributed by atoms with van der Waals surface area (Å²) in [6, 6.07) is 5.44. The number of aromatic nitrogens is 2. The third kappa shape index (κ3) is 1.77. The van der Waals surface area contributed by atoms with Gasteiger partial charge in [-0.15, -0.1) is 11.3 Å². The number of rotatable bonds is 2. The van der Waals surface area contributed by atoms with E-state index in [4.69, 9.17) is 17.3 Å². The molecule has 0 aliphatic rings. The monoisotopic (exact) mass is 277 g/mol. The molecule has 0 atom stereocenters. The Kier molecular flexibility index (Phi) is 2.57. The minimum atomic E-state index is -0.415. The van der Waals surface area contributed by atoms with Crippen LogP contribution in [0.25, 0.3) is 21.5 Å². The first-order valence-electron chi connectivity index (χ1n) is 5.18. The van der Waals surface area contributed by atoms with Crippen molar-refractivity contribution in [1.82, 2.24) is 9.97 Å². The summed E-state index contributed by atoms with van der Waals surface area (Å²) in [6.07, 6.45) is 3.44. The molecule has 3 rings (SSSR count). The topological polar surface area (TPSA) is 71.8 Å². The van der Waals surface area contributed by atoms with E-state index in [0.717, 1.165) is 21.5 Å². The van der Waals surface area contributed by atoms with Crippen LogP contribution in [0.4, 0.5) is 0 Å². The van der Waals surface area contributed by atoms with Crippen LogP contribution in [0.15, 0.2) is 30.6 Å². The summed E-state index contributed by atoms with van der Waals surface area (Å²) >= 11 is 7.30. The number of carbonyl (C=O) groups excluding carboxylic acids is 1. The minimum absolute atomic E-state index is 0.415. The second kappa shape index (κ2) is 4.12. The predicted molar refractivity (Wildman–Crippen MR) is 72.9 cm³/mol. The Balaban J connectivity index is 2.18. The van der Waals surface area contributed by atoms with E-state index in [1.54, 1.807) is 12.3 Å². The van der Waals surface area contributed by atoms with Gasteiger partial charge < -0.3 is 10.7 Å². The molecule has 0 aliphatic heterocycles. The molecule has 0 aliphatic carbocycles. The number of primary amides is 1. The second-order valence-corrected chi connectivity index (χ2v) is 5.30. The molecule has 6 heteroatoms. The Morgan fingerprint density at radius 3 is 3.00 bits per heavy atom. The van der Waals surface area contributed by atoms with Crippen molar-refractivity contribution in [3.05, 3.63) is 40.5 Å². The molecule has 3 aromatic rings. The first-order valence-corrected chi connectivity index (χ1v) is 6.37. The van der Waals surface area contributed by atoms with Crippen LogP contribution in [0, 0.1) is 0 Å². The van der Waals surface area contributed by atoms with Crippen LogP contribution < -0.4 is 5.73 Å². The molecule has 3 aromatic heterocycles. The van der Waals surface area contributed by atoms with Gasteiger partial charge in [0, 0.05) is 28.2 Å². The fourth-order valence-electron chi connectivity index (χ4n) is 1.80. The van der Waals surface area contributed by atoms with Crippen LogP contribution >= 0.6 is 22.9 Å². The van der Waals surface area contributed by atoms with Gasteiger partial charge in [-0.25, -0.2) is 4.98 Å². The van der Waals surface area contributed by atoms with E-state index in [0.29, 0.717) is 9.90 Å². The van der Waals surface area contributed by atoms with Crippen molar-refractivity contribution >= 4 is 39.9 Å². The highest BCUT2D eigenvalue weighted by atomic mass is 35.5. The Morgan fingerprint density at radius 2 is 2.28 bits per heavy atom. The zero-order valence-electron chi connectivity index (χ0n) is 9.11. The number of fused-ring (bicyclic) bond motifs is 1. The number of aromatic amines is 1. The number of nitrogens with one attached hydrogen (secondary N) is 1. The van der Waals surface area contributed by atoms with E-state index < -0.39 is 5.91 Å². The third-order valence-corrected chi connectivity index (χ3v) is 3.95. The summed E-state index contributed by atoms with van der Waals surface area (Å²) in [4.78, 5) is 19.9. The maximum absolute atomic E-state index is 11.1. The Morgan fingerprint density at radius 1 is 1.44 bits per heavy atom. The predicted octanol–water partition coefficient (Wildman–Crippen LogP) is 3.04. The van der Waals surface area contributed by atoms with Gasteiger partial charge in [-0.05, 0) is 18.2 Å². The highest BCUT2D eigenvalue weighted by Crippen LogP contribution is 2.33. The largest absolute Gasteiger partial charge is 0.365 e. The first-order chi connectivity index (χ1) is 8.65. The Hall–Kier alpha value is -1.85. The third-order valence-electron chi connectivity index (χ3n) is 2.61. The zero-order valence-corrected chi connectivity index (χ0v) is 10.7. The van der Waals surface area contributed by atoms with Crippen molar-refractivity contribution in [1.29, 1.82) is 0 Å². The molecule has 3 N–H and O–H groups in total. The maximum atomic E-state index is 11.1. The van der Waals surface area contributed by atoms with Crippen LogP contribution in [0.1, 0.15) is 9.67 Å². The number of hydrogen-bond donors (Lipinski definition) is 2. The maximum Gasteiger partial charge on any atom is 0.258 e. The second-order valence-electron chi connectivity index (χ2n) is 3.78. The molecule has 18 heavy (non-hydrogen) atoms. The quantitative estimate of drug-likeness (QED) is 0.756. The van der Waals surface area contributed by atoms with Crippen molar-refractivity contribution in [3.63, 3.8) is 0 Å². The zero-order chi connectivity index (χ0) is 12.7. The summed E-state index contributed by atoms with van der Waals surface area (Å²) in [5.74, 6) is -0.415. The van der Waals surface area contributed by atoms with Gasteiger partial charge in [0.1, 0.15) is 5.65 Å². The fourth-order valence-corrected chi connectivity index (χ4v) is 2.84. The van der Waals surface area contributed by atoms with E-state index in [2.05, 4.69) is 9.97 Å². The van der Waals surface area contributed by atoms with Gasteiger partial charge >= 0.3 is 0 Å². The van der Waals surface area contributed by atoms with Crippen LogP contribution in [0.5, 0.6) is 0 Å². The van der Waals surface area contributed by atoms with Gasteiger partial charge in [-0.1, -0.05) is 11.6 Å². The number of carbonyl (C=O) groups is 1. The molecule has 0 fully saturated rings. The summed E-state index contributed by atoms with van der Waals surface area (Å²) in [6.45, 7) is 0. The molecule has 0 radical (unpaired) electrons. The lowest BCUT2D eigenvalue weighted by atomic mass is 10.2. The number of nitrogens with zero attached hydrogens (tertiary/aromatic N) is 1. The smallest absolute Gasteiger partial charge is 0.258 e. The van der Waals surface area contributed by atoms with Gasteiger partial charge in [-0.3, -0.25) is 4.79 Å². The van der Waals surface area contributed by atoms with Crippen LogP contribution in [0.3, 0.4) is 0 Å². The number of halogens is 1. The average molecular weight is 278 g/mol. The van der Waals surface area contributed by atoms with E-state index >= 15 is 0 Å². The summed E-state index contributed by atoms with van der Waals surface area (Å²) in [5.41, 5.74) is 6.98. The molecule has 0 unspecified atom stereocenters. The Labute approximate surface area is 111 Å². The highest BCUT2D eigenvalue weighted by molar-refractivity contribution is 7.17. The van der Waals surface area contributed by atoms with E-state index in [1.807, 2.05) is 18.3 Å². The van der Waals surface area contributed by atoms with Crippen molar-refractivity contribution in [2.45, 2.75) is 0 Å². The summed E-state index contributed by atoms with van der Waals surface area (Å²) < 4.78 is 0. The molecule has 0 spiro atoms. The lowest BCUT2D eigenvalue weighted by Crippen LogP contribution is -2.07. The molecular weight excluding hydrogens is 270 g/mol. The van der Waals surface area contributed by atoms with Crippen molar-refractivity contribution in [2.75, 3.05) is 0 Å². The molecule has 1 amide bonds. The van der Waals surface area contributed by atoms with Gasteiger partial charge in [0.05, 0.1) is 9.90 Å². The summed E-state index contributed by atoms with van der Waals surface area (Å²) in [7, 11) is 0. The minimum Gasteiger partial charge on any atom is -0.365 e. The van der Waals surface area contributed by atoms with Crippen molar-refractivity contribution < 1.29 is 4.79 Å². The SMILES string of the molecule is NC(=O)c1ccc(-c2c[nH]c3ncc(Cl)cc23)s1. The van der Waals surface area contributed by atoms with Gasteiger partial charge in [0.25, 0.3) is 5.91 Å². The molecule has 0 saturated heterocycles. The van der Waals surface area contributed by atoms with Gasteiger partial charge in [0.2, 0.25) is 0 Å². The van der Waals surface area contributed by atoms with Gasteiger partial charge in [-0.2, -0.15) is 0 Å². The van der Waals surface area contributed by atoms with Crippen molar-refractivity contribution in [3.8, 4) is 10.4 Å². The number of pyridine rings is 1. The molecule has 4 nitrogen and oxygen atoms in total. The van der Waals surface area contributed by atoms with E-state index in [1.165, 1.54) is 11.3 Å². The van der Waals surface area contributed by atoms with E-state index in [9.17, 15) is 4.79 Å². The van der Waals surface area contributed by atoms with Crippen LogP contribution in [-0.2, 0) is 0 Å². The standard InChI is InChI=1S/C12H8ClN3OS/c13-6-3-7-8(5-16-12(7)15-4-6)9-1-2-10(18-9)11(14)17/h1-5H,(H2,14,17)(H,15,16). The summed E-state index contributed by atoms with van der Waals surface area (Å²) in [5, 5.41) is 1.51. The number of nitrogens with two attached hydrogens (primary N) is 1. The van der Waals surface area contributed by atoms with Crippen LogP contribution in [-0.4, -0.2) is 15.9 Å². The highest BCUT2D eigenvalue weighted by Gasteiger charge is 2.11. The number of hydrogen-bond acceptors (Lipinski definition) is 3.